The molecule has 0 radical (unpaired) electrons. The Balaban J connectivity index is 1.82. The zero-order valence-electron chi connectivity index (χ0n) is 15.8. The number of nitrogens with zero attached hydrogens (tertiary/aromatic N) is 2. The summed E-state index contributed by atoms with van der Waals surface area (Å²) in [5.74, 6) is 0.651. The SMILES string of the molecule is CC(=O)N(C(C)C)C1CCN(CCC(C)c2ccc(Cl)c(Cl)c2)CC1. The highest BCUT2D eigenvalue weighted by Crippen LogP contribution is 2.28. The van der Waals surface area contributed by atoms with Gasteiger partial charge in [-0.15, -0.1) is 0 Å². The monoisotopic (exact) mass is 384 g/mol. The van der Waals surface area contributed by atoms with Crippen LogP contribution in [0.4, 0.5) is 0 Å². The molecule has 0 spiro atoms. The van der Waals surface area contributed by atoms with Crippen LogP contribution in [0.1, 0.15) is 58.4 Å². The van der Waals surface area contributed by atoms with E-state index in [2.05, 4.69) is 36.6 Å². The van der Waals surface area contributed by atoms with Crippen molar-refractivity contribution >= 4 is 29.1 Å². The molecule has 1 aliphatic rings. The number of benzene rings is 1. The van der Waals surface area contributed by atoms with Gasteiger partial charge in [-0.25, -0.2) is 0 Å². The van der Waals surface area contributed by atoms with Crippen LogP contribution >= 0.6 is 23.2 Å². The van der Waals surface area contributed by atoms with Crippen molar-refractivity contribution in [2.24, 2.45) is 0 Å². The average Bonchev–Trinajstić information content (AvgIpc) is 2.55. The van der Waals surface area contributed by atoms with Crippen LogP contribution in [0.5, 0.6) is 0 Å². The second-order valence-corrected chi connectivity index (χ2v) is 8.27. The summed E-state index contributed by atoms with van der Waals surface area (Å²) in [5.41, 5.74) is 1.24. The summed E-state index contributed by atoms with van der Waals surface area (Å²) in [6, 6.07) is 6.60. The van der Waals surface area contributed by atoms with Crippen molar-refractivity contribution in [2.75, 3.05) is 19.6 Å². The van der Waals surface area contributed by atoms with E-state index in [0.29, 0.717) is 22.0 Å². The van der Waals surface area contributed by atoms with E-state index in [-0.39, 0.29) is 11.9 Å². The fraction of sp³-hybridized carbons (Fsp3) is 0.650. The van der Waals surface area contributed by atoms with E-state index in [4.69, 9.17) is 23.2 Å². The van der Waals surface area contributed by atoms with Crippen molar-refractivity contribution in [3.05, 3.63) is 33.8 Å². The Morgan fingerprint density at radius 2 is 1.84 bits per heavy atom. The third-order valence-electron chi connectivity index (χ3n) is 5.26. The van der Waals surface area contributed by atoms with Crippen molar-refractivity contribution < 1.29 is 4.79 Å². The van der Waals surface area contributed by atoms with E-state index < -0.39 is 0 Å². The van der Waals surface area contributed by atoms with Crippen molar-refractivity contribution in [3.63, 3.8) is 0 Å². The molecule has 1 aliphatic heterocycles. The minimum absolute atomic E-state index is 0.196. The van der Waals surface area contributed by atoms with Crippen LogP contribution in [0, 0.1) is 0 Å². The zero-order chi connectivity index (χ0) is 18.6. The number of rotatable bonds is 6. The lowest BCUT2D eigenvalue weighted by Gasteiger charge is -2.40. The van der Waals surface area contributed by atoms with Gasteiger partial charge in [-0.3, -0.25) is 4.79 Å². The molecule has 0 N–H and O–H groups in total. The number of piperidine rings is 1. The Hall–Kier alpha value is -0.770. The van der Waals surface area contributed by atoms with Gasteiger partial charge in [-0.2, -0.15) is 0 Å². The van der Waals surface area contributed by atoms with Gasteiger partial charge in [0.05, 0.1) is 10.0 Å². The molecule has 25 heavy (non-hydrogen) atoms. The van der Waals surface area contributed by atoms with E-state index in [1.165, 1.54) is 5.56 Å². The maximum Gasteiger partial charge on any atom is 0.219 e. The molecule has 1 aromatic carbocycles. The van der Waals surface area contributed by atoms with E-state index >= 15 is 0 Å². The van der Waals surface area contributed by atoms with Crippen LogP contribution in [-0.4, -0.2) is 47.4 Å². The van der Waals surface area contributed by atoms with Crippen molar-refractivity contribution in [2.45, 2.75) is 65.0 Å². The Kier molecular flexibility index (Phi) is 7.60. The largest absolute Gasteiger partial charge is 0.337 e. The first-order valence-electron chi connectivity index (χ1n) is 9.25. The summed E-state index contributed by atoms with van der Waals surface area (Å²) >= 11 is 12.1. The molecule has 1 aromatic rings. The second kappa shape index (κ2) is 9.25. The molecule has 140 valence electrons. The standard InChI is InChI=1S/C20H30Cl2N2O/c1-14(2)24(16(4)25)18-8-11-23(12-9-18)10-7-15(3)17-5-6-19(21)20(22)13-17/h5-6,13-15,18H,7-12H2,1-4H3. The van der Waals surface area contributed by atoms with Crippen LogP contribution < -0.4 is 0 Å². The highest BCUT2D eigenvalue weighted by Gasteiger charge is 2.27. The smallest absolute Gasteiger partial charge is 0.219 e. The minimum atomic E-state index is 0.196. The fourth-order valence-corrected chi connectivity index (χ4v) is 4.13. The van der Waals surface area contributed by atoms with Crippen LogP contribution in [0.3, 0.4) is 0 Å². The summed E-state index contributed by atoms with van der Waals surface area (Å²) in [6.07, 6.45) is 3.24. The third-order valence-corrected chi connectivity index (χ3v) is 6.00. The van der Waals surface area contributed by atoms with Gasteiger partial charge in [0, 0.05) is 32.1 Å². The van der Waals surface area contributed by atoms with Gasteiger partial charge in [0.25, 0.3) is 0 Å². The summed E-state index contributed by atoms with van der Waals surface area (Å²) in [5, 5.41) is 1.24. The first-order valence-corrected chi connectivity index (χ1v) is 10.0. The molecule has 1 fully saturated rings. The predicted molar refractivity (Wildman–Crippen MR) is 107 cm³/mol. The van der Waals surface area contributed by atoms with Gasteiger partial charge in [-0.1, -0.05) is 36.2 Å². The molecule has 1 unspecified atom stereocenters. The van der Waals surface area contributed by atoms with Crippen LogP contribution in [0.25, 0.3) is 0 Å². The number of halogens is 2. The first kappa shape index (κ1) is 20.5. The van der Waals surface area contributed by atoms with E-state index in [1.54, 1.807) is 6.92 Å². The van der Waals surface area contributed by atoms with Crippen molar-refractivity contribution in [1.29, 1.82) is 0 Å². The molecule has 0 aliphatic carbocycles. The Morgan fingerprint density at radius 3 is 2.36 bits per heavy atom. The normalized spacial score (nSPS) is 17.7. The molecule has 0 bridgehead atoms. The lowest BCUT2D eigenvalue weighted by Crippen LogP contribution is -2.49. The maximum absolute atomic E-state index is 11.9. The molecule has 5 heteroatoms. The fourth-order valence-electron chi connectivity index (χ4n) is 3.83. The molecule has 0 saturated carbocycles. The lowest BCUT2D eigenvalue weighted by molar-refractivity contribution is -0.134. The average molecular weight is 385 g/mol. The van der Waals surface area contributed by atoms with Crippen molar-refractivity contribution in [3.8, 4) is 0 Å². The zero-order valence-corrected chi connectivity index (χ0v) is 17.3. The number of hydrogen-bond donors (Lipinski definition) is 0. The van der Waals surface area contributed by atoms with Crippen LogP contribution in [0.2, 0.25) is 10.0 Å². The summed E-state index contributed by atoms with van der Waals surface area (Å²) in [7, 11) is 0. The lowest BCUT2D eigenvalue weighted by atomic mass is 9.96. The second-order valence-electron chi connectivity index (χ2n) is 7.46. The number of carbonyl (C=O) groups excluding carboxylic acids is 1. The first-order chi connectivity index (χ1) is 11.8. The van der Waals surface area contributed by atoms with Gasteiger partial charge >= 0.3 is 0 Å². The molecule has 1 saturated heterocycles. The number of amides is 1. The molecule has 3 nitrogen and oxygen atoms in total. The van der Waals surface area contributed by atoms with Crippen molar-refractivity contribution in [1.82, 2.24) is 9.80 Å². The summed E-state index contributed by atoms with van der Waals surface area (Å²) in [6.45, 7) is 11.3. The number of carbonyl (C=O) groups is 1. The number of likely N-dealkylation sites (tertiary alicyclic amines) is 1. The molecule has 0 aromatic heterocycles. The quantitative estimate of drug-likeness (QED) is 0.671. The van der Waals surface area contributed by atoms with Gasteiger partial charge in [0.1, 0.15) is 0 Å². The molecule has 2 rings (SSSR count). The summed E-state index contributed by atoms with van der Waals surface area (Å²) < 4.78 is 0. The Bertz CT molecular complexity index is 583. The highest BCUT2D eigenvalue weighted by atomic mass is 35.5. The molecule has 1 atom stereocenters. The molecular formula is C20H30Cl2N2O. The molecule has 1 heterocycles. The van der Waals surface area contributed by atoms with Gasteiger partial charge < -0.3 is 9.80 Å². The van der Waals surface area contributed by atoms with Crippen LogP contribution in [0.15, 0.2) is 18.2 Å². The molecular weight excluding hydrogens is 355 g/mol. The third kappa shape index (κ3) is 5.60. The van der Waals surface area contributed by atoms with E-state index in [9.17, 15) is 4.79 Å². The van der Waals surface area contributed by atoms with E-state index in [1.807, 2.05) is 12.1 Å². The van der Waals surface area contributed by atoms with Gasteiger partial charge in [0.2, 0.25) is 5.91 Å². The molecule has 1 amide bonds. The summed E-state index contributed by atoms with van der Waals surface area (Å²) in [4.78, 5) is 16.4. The minimum Gasteiger partial charge on any atom is -0.337 e. The Morgan fingerprint density at radius 1 is 1.20 bits per heavy atom. The van der Waals surface area contributed by atoms with Gasteiger partial charge in [0.15, 0.2) is 0 Å². The van der Waals surface area contributed by atoms with Crippen LogP contribution in [-0.2, 0) is 4.79 Å². The van der Waals surface area contributed by atoms with Gasteiger partial charge in [-0.05, 0) is 63.3 Å². The van der Waals surface area contributed by atoms with E-state index in [0.717, 1.165) is 38.9 Å². The topological polar surface area (TPSA) is 23.6 Å². The predicted octanol–water partition coefficient (Wildman–Crippen LogP) is 5.21. The Labute approximate surface area is 162 Å². The highest BCUT2D eigenvalue weighted by molar-refractivity contribution is 6.42. The maximum atomic E-state index is 11.9. The number of hydrogen-bond acceptors (Lipinski definition) is 2.